The van der Waals surface area contributed by atoms with Crippen molar-refractivity contribution in [2.24, 2.45) is 5.92 Å². The zero-order chi connectivity index (χ0) is 12.7. The minimum Gasteiger partial charge on any atom is -0.462 e. The van der Waals surface area contributed by atoms with E-state index >= 15 is 0 Å². The van der Waals surface area contributed by atoms with E-state index in [0.29, 0.717) is 0 Å². The number of piperidine rings is 1. The number of rotatable bonds is 5. The van der Waals surface area contributed by atoms with Crippen molar-refractivity contribution in [2.45, 2.75) is 16.6 Å². The van der Waals surface area contributed by atoms with Crippen molar-refractivity contribution in [1.82, 2.24) is 0 Å². The van der Waals surface area contributed by atoms with Crippen molar-refractivity contribution in [1.29, 1.82) is 0 Å². The van der Waals surface area contributed by atoms with Crippen LogP contribution in [0.4, 0.5) is 0 Å². The lowest BCUT2D eigenvalue weighted by Gasteiger charge is -2.18. The lowest BCUT2D eigenvalue weighted by atomic mass is 9.99. The van der Waals surface area contributed by atoms with E-state index in [-0.39, 0.29) is 25.1 Å². The van der Waals surface area contributed by atoms with Gasteiger partial charge in [-0.15, -0.1) is 0 Å². The molecule has 1 aliphatic rings. The van der Waals surface area contributed by atoms with Crippen molar-refractivity contribution in [3.05, 3.63) is 0 Å². The first kappa shape index (κ1) is 14.9. The van der Waals surface area contributed by atoms with Crippen LogP contribution in [0.1, 0.15) is 12.8 Å². The number of halogens is 2. The lowest BCUT2D eigenvalue weighted by molar-refractivity contribution is -0.664. The average Bonchev–Trinajstić information content (AvgIpc) is 2.35. The zero-order valence-electron chi connectivity index (χ0n) is 9.36. The first-order chi connectivity index (χ1) is 8.11. The molecular weight excluding hydrogens is 358 g/mol. The van der Waals surface area contributed by atoms with Crippen molar-refractivity contribution in [2.75, 3.05) is 26.3 Å². The maximum atomic E-state index is 11.6. The summed E-state index contributed by atoms with van der Waals surface area (Å²) in [5.41, 5.74) is 0. The molecule has 7 heteroatoms. The van der Waals surface area contributed by atoms with E-state index < -0.39 is 9.71 Å². The molecule has 0 radical (unpaired) electrons. The Morgan fingerprint density at radius 2 is 1.76 bits per heavy atom. The monoisotopic (exact) mass is 372 g/mol. The molecule has 1 saturated heterocycles. The molecule has 0 aromatic carbocycles. The SMILES string of the molecule is O=C(OCCOC(=O)C1CC[NH2+]CC1)C(Br)Br. The average molecular weight is 374 g/mol. The molecule has 1 fully saturated rings. The van der Waals surface area contributed by atoms with Crippen LogP contribution in [0.25, 0.3) is 0 Å². The van der Waals surface area contributed by atoms with E-state index in [4.69, 9.17) is 9.47 Å². The number of ether oxygens (including phenoxy) is 2. The number of hydrogen-bond donors (Lipinski definition) is 1. The number of hydrogen-bond acceptors (Lipinski definition) is 4. The highest BCUT2D eigenvalue weighted by Gasteiger charge is 2.24. The van der Waals surface area contributed by atoms with Gasteiger partial charge < -0.3 is 14.8 Å². The summed E-state index contributed by atoms with van der Waals surface area (Å²) in [6.45, 7) is 2.17. The number of quaternary nitrogens is 1. The molecule has 0 atom stereocenters. The van der Waals surface area contributed by atoms with Gasteiger partial charge in [0.1, 0.15) is 13.2 Å². The van der Waals surface area contributed by atoms with Gasteiger partial charge in [0.2, 0.25) is 0 Å². The molecule has 0 unspecified atom stereocenters. The summed E-state index contributed by atoms with van der Waals surface area (Å²) in [6, 6.07) is 0. The summed E-state index contributed by atoms with van der Waals surface area (Å²) in [6.07, 6.45) is 1.73. The molecule has 0 saturated carbocycles. The van der Waals surface area contributed by atoms with Crippen LogP contribution in [-0.2, 0) is 19.1 Å². The van der Waals surface area contributed by atoms with Gasteiger partial charge in [0, 0.05) is 12.8 Å². The lowest BCUT2D eigenvalue weighted by Crippen LogP contribution is -2.86. The van der Waals surface area contributed by atoms with E-state index in [0.717, 1.165) is 25.9 Å². The van der Waals surface area contributed by atoms with Crippen LogP contribution in [-0.4, -0.2) is 42.0 Å². The first-order valence-corrected chi connectivity index (χ1v) is 7.37. The fraction of sp³-hybridized carbons (Fsp3) is 0.800. The zero-order valence-corrected chi connectivity index (χ0v) is 12.5. The van der Waals surface area contributed by atoms with Crippen LogP contribution < -0.4 is 5.32 Å². The van der Waals surface area contributed by atoms with Crippen molar-refractivity contribution in [3.63, 3.8) is 0 Å². The van der Waals surface area contributed by atoms with Gasteiger partial charge >= 0.3 is 11.9 Å². The Bertz CT molecular complexity index is 267. The van der Waals surface area contributed by atoms with Gasteiger partial charge in [-0.25, -0.2) is 4.79 Å². The first-order valence-electron chi connectivity index (χ1n) is 5.54. The van der Waals surface area contributed by atoms with Crippen LogP contribution in [0.2, 0.25) is 0 Å². The van der Waals surface area contributed by atoms with Gasteiger partial charge in [0.25, 0.3) is 0 Å². The Balaban J connectivity index is 2.09. The third-order valence-electron chi connectivity index (χ3n) is 2.52. The van der Waals surface area contributed by atoms with Crippen LogP contribution in [0.5, 0.6) is 0 Å². The predicted molar refractivity (Wildman–Crippen MR) is 67.9 cm³/mol. The Labute approximate surface area is 117 Å². The summed E-state index contributed by atoms with van der Waals surface area (Å²) in [5.74, 6) is -0.590. The fourth-order valence-corrected chi connectivity index (χ4v) is 1.89. The van der Waals surface area contributed by atoms with Crippen molar-refractivity contribution >= 4 is 43.8 Å². The number of esters is 2. The Morgan fingerprint density at radius 1 is 1.18 bits per heavy atom. The van der Waals surface area contributed by atoms with Gasteiger partial charge in [-0.2, -0.15) is 0 Å². The Hall–Kier alpha value is -0.140. The molecule has 0 bridgehead atoms. The highest BCUT2D eigenvalue weighted by molar-refractivity contribution is 9.25. The van der Waals surface area contributed by atoms with Crippen LogP contribution in [0.15, 0.2) is 0 Å². The minimum atomic E-state index is -0.514. The molecule has 0 aromatic heterocycles. The molecule has 5 nitrogen and oxygen atoms in total. The Kier molecular flexibility index (Phi) is 7.06. The topological polar surface area (TPSA) is 69.2 Å². The van der Waals surface area contributed by atoms with E-state index in [1.807, 2.05) is 0 Å². The van der Waals surface area contributed by atoms with Crippen LogP contribution >= 0.6 is 31.9 Å². The number of carbonyl (C=O) groups is 2. The van der Waals surface area contributed by atoms with Gasteiger partial charge in [-0.05, 0) is 0 Å². The molecule has 2 N–H and O–H groups in total. The molecule has 1 heterocycles. The molecule has 98 valence electrons. The van der Waals surface area contributed by atoms with Gasteiger partial charge in [-0.1, -0.05) is 31.9 Å². The van der Waals surface area contributed by atoms with Gasteiger partial charge in [0.05, 0.1) is 19.0 Å². The second-order valence-electron chi connectivity index (χ2n) is 3.78. The summed E-state index contributed by atoms with van der Waals surface area (Å²) in [4.78, 5) is 22.6. The van der Waals surface area contributed by atoms with Crippen molar-refractivity contribution in [3.8, 4) is 0 Å². The predicted octanol–water partition coefficient (Wildman–Crippen LogP) is 0.162. The van der Waals surface area contributed by atoms with E-state index in [1.54, 1.807) is 0 Å². The molecule has 1 aliphatic heterocycles. The van der Waals surface area contributed by atoms with E-state index in [2.05, 4.69) is 37.2 Å². The van der Waals surface area contributed by atoms with Crippen molar-refractivity contribution < 1.29 is 24.4 Å². The van der Waals surface area contributed by atoms with E-state index in [9.17, 15) is 9.59 Å². The second kappa shape index (κ2) is 8.05. The smallest absolute Gasteiger partial charge is 0.330 e. The summed E-state index contributed by atoms with van der Waals surface area (Å²) in [5, 5.41) is 2.19. The van der Waals surface area contributed by atoms with E-state index in [1.165, 1.54) is 0 Å². The third-order valence-corrected chi connectivity index (χ3v) is 3.27. The largest absolute Gasteiger partial charge is 0.462 e. The fourth-order valence-electron chi connectivity index (χ4n) is 1.63. The second-order valence-corrected chi connectivity index (χ2v) is 6.84. The molecule has 17 heavy (non-hydrogen) atoms. The number of alkyl halides is 2. The summed E-state index contributed by atoms with van der Waals surface area (Å²) >= 11 is 6.03. The molecule has 0 aromatic rings. The highest BCUT2D eigenvalue weighted by Crippen LogP contribution is 2.11. The maximum absolute atomic E-state index is 11.6. The molecule has 1 rings (SSSR count). The highest BCUT2D eigenvalue weighted by atomic mass is 79.9. The Morgan fingerprint density at radius 3 is 2.35 bits per heavy atom. The number of carbonyl (C=O) groups excluding carboxylic acids is 2. The summed E-state index contributed by atoms with van der Waals surface area (Å²) < 4.78 is 9.36. The standard InChI is InChI=1S/C10H15Br2NO4/c11-8(12)10(15)17-6-5-16-9(14)7-1-3-13-4-2-7/h7-8,13H,1-6H2/p+1. The quantitative estimate of drug-likeness (QED) is 0.423. The molecular formula is C10H16Br2NO4+. The normalized spacial score (nSPS) is 16.9. The maximum Gasteiger partial charge on any atom is 0.330 e. The molecule has 0 spiro atoms. The molecule has 0 aliphatic carbocycles. The van der Waals surface area contributed by atoms with Gasteiger partial charge in [-0.3, -0.25) is 4.79 Å². The van der Waals surface area contributed by atoms with Crippen LogP contribution in [0, 0.1) is 5.92 Å². The minimum absolute atomic E-state index is 0.0100. The number of nitrogens with two attached hydrogens (primary N) is 1. The van der Waals surface area contributed by atoms with Crippen LogP contribution in [0.3, 0.4) is 0 Å². The third kappa shape index (κ3) is 5.83. The summed E-state index contributed by atoms with van der Waals surface area (Å²) in [7, 11) is 0. The molecule has 0 amide bonds. The van der Waals surface area contributed by atoms with Gasteiger partial charge in [0.15, 0.2) is 3.74 Å².